The Balaban J connectivity index is 0.00000320. The SMILES string of the molecule is CCOC(=O)N1CCC(NC(=NC)NCCCc2nnc3n2CCCCC3)CC1.I. The summed E-state index contributed by atoms with van der Waals surface area (Å²) in [5, 5.41) is 15.7. The van der Waals surface area contributed by atoms with Crippen LogP contribution in [0.5, 0.6) is 0 Å². The summed E-state index contributed by atoms with van der Waals surface area (Å²) in [5.74, 6) is 3.08. The lowest BCUT2D eigenvalue weighted by molar-refractivity contribution is 0.0963. The number of piperidine rings is 1. The van der Waals surface area contributed by atoms with E-state index in [-0.39, 0.29) is 30.1 Å². The van der Waals surface area contributed by atoms with Gasteiger partial charge in [-0.25, -0.2) is 4.79 Å². The Hall–Kier alpha value is -1.59. The molecule has 2 aliphatic rings. The number of likely N-dealkylation sites (tertiary alicyclic amines) is 1. The van der Waals surface area contributed by atoms with E-state index in [2.05, 4.69) is 30.4 Å². The Bertz CT molecular complexity index is 687. The summed E-state index contributed by atoms with van der Waals surface area (Å²) in [5.41, 5.74) is 0. The number of carbonyl (C=O) groups is 1. The topological polar surface area (TPSA) is 96.7 Å². The van der Waals surface area contributed by atoms with Gasteiger partial charge in [-0.15, -0.1) is 34.2 Å². The second kappa shape index (κ2) is 13.0. The summed E-state index contributed by atoms with van der Waals surface area (Å²) in [7, 11) is 1.79. The van der Waals surface area contributed by atoms with Gasteiger partial charge in [0.05, 0.1) is 6.61 Å². The van der Waals surface area contributed by atoms with E-state index in [4.69, 9.17) is 4.74 Å². The van der Waals surface area contributed by atoms with Crippen LogP contribution in [0.3, 0.4) is 0 Å². The second-order valence-corrected chi connectivity index (χ2v) is 7.70. The van der Waals surface area contributed by atoms with Gasteiger partial charge < -0.3 is 24.8 Å². The van der Waals surface area contributed by atoms with Crippen LogP contribution in [0.1, 0.15) is 57.1 Å². The lowest BCUT2D eigenvalue weighted by atomic mass is 10.1. The minimum atomic E-state index is -0.208. The fourth-order valence-electron chi connectivity index (χ4n) is 3.99. The molecule has 1 aromatic heterocycles. The monoisotopic (exact) mass is 533 g/mol. The highest BCUT2D eigenvalue weighted by Gasteiger charge is 2.24. The van der Waals surface area contributed by atoms with Crippen LogP contribution in [-0.2, 0) is 24.1 Å². The largest absolute Gasteiger partial charge is 0.450 e. The number of rotatable bonds is 6. The van der Waals surface area contributed by atoms with Gasteiger partial charge in [-0.1, -0.05) is 6.42 Å². The Morgan fingerprint density at radius 1 is 1.20 bits per heavy atom. The summed E-state index contributed by atoms with van der Waals surface area (Å²) in [6.45, 7) is 5.57. The van der Waals surface area contributed by atoms with Crippen LogP contribution in [0.15, 0.2) is 4.99 Å². The van der Waals surface area contributed by atoms with Gasteiger partial charge >= 0.3 is 6.09 Å². The van der Waals surface area contributed by atoms with E-state index in [1.807, 2.05) is 6.92 Å². The number of guanidine groups is 1. The Kier molecular flexibility index (Phi) is 10.7. The number of nitrogens with one attached hydrogen (secondary N) is 2. The second-order valence-electron chi connectivity index (χ2n) is 7.70. The lowest BCUT2D eigenvalue weighted by Crippen LogP contribution is -2.50. The smallest absolute Gasteiger partial charge is 0.409 e. The number of aliphatic imine (C=N–C) groups is 1. The molecule has 30 heavy (non-hydrogen) atoms. The summed E-state index contributed by atoms with van der Waals surface area (Å²) in [6, 6.07) is 0.319. The van der Waals surface area contributed by atoms with Crippen molar-refractivity contribution in [1.82, 2.24) is 30.3 Å². The van der Waals surface area contributed by atoms with Crippen molar-refractivity contribution in [3.8, 4) is 0 Å². The number of halogens is 1. The number of hydrogen-bond donors (Lipinski definition) is 2. The maximum Gasteiger partial charge on any atom is 0.409 e. The van der Waals surface area contributed by atoms with Gasteiger partial charge in [-0.2, -0.15) is 0 Å². The molecule has 0 unspecified atom stereocenters. The Morgan fingerprint density at radius 2 is 2.00 bits per heavy atom. The number of nitrogens with zero attached hydrogens (tertiary/aromatic N) is 5. The van der Waals surface area contributed by atoms with Gasteiger partial charge in [0.2, 0.25) is 0 Å². The fraction of sp³-hybridized carbons (Fsp3) is 0.800. The molecular formula is C20H36IN7O2. The van der Waals surface area contributed by atoms with Crippen molar-refractivity contribution >= 4 is 36.0 Å². The molecule has 0 radical (unpaired) electrons. The minimum absolute atomic E-state index is 0. The van der Waals surface area contributed by atoms with Crippen LogP contribution < -0.4 is 10.6 Å². The molecule has 0 saturated carbocycles. The third-order valence-corrected chi connectivity index (χ3v) is 5.64. The van der Waals surface area contributed by atoms with Gasteiger partial charge in [-0.3, -0.25) is 4.99 Å². The third-order valence-electron chi connectivity index (χ3n) is 5.64. The number of fused-ring (bicyclic) bond motifs is 1. The van der Waals surface area contributed by atoms with E-state index >= 15 is 0 Å². The standard InChI is InChI=1S/C20H35N7O2.HI/c1-3-29-20(28)26-14-10-16(11-15-26)23-19(21-2)22-12-7-9-18-25-24-17-8-5-4-6-13-27(17)18;/h16H,3-15H2,1-2H3,(H2,21,22,23);1H. The van der Waals surface area contributed by atoms with E-state index in [1.54, 1.807) is 11.9 Å². The molecule has 9 nitrogen and oxygen atoms in total. The summed E-state index contributed by atoms with van der Waals surface area (Å²) < 4.78 is 7.39. The molecule has 2 aliphatic heterocycles. The van der Waals surface area contributed by atoms with Crippen molar-refractivity contribution < 1.29 is 9.53 Å². The van der Waals surface area contributed by atoms with Crippen molar-refractivity contribution in [2.24, 2.45) is 4.99 Å². The summed E-state index contributed by atoms with van der Waals surface area (Å²) >= 11 is 0. The molecule has 1 saturated heterocycles. The minimum Gasteiger partial charge on any atom is -0.450 e. The zero-order valence-corrected chi connectivity index (χ0v) is 20.6. The first-order valence-corrected chi connectivity index (χ1v) is 11.0. The molecule has 3 rings (SSSR count). The summed E-state index contributed by atoms with van der Waals surface area (Å²) in [6.07, 6.45) is 8.27. The van der Waals surface area contributed by atoms with Crippen molar-refractivity contribution in [1.29, 1.82) is 0 Å². The number of aromatic nitrogens is 3. The molecular weight excluding hydrogens is 497 g/mol. The Labute approximate surface area is 196 Å². The van der Waals surface area contributed by atoms with E-state index in [0.717, 1.165) is 62.8 Å². The van der Waals surface area contributed by atoms with E-state index in [9.17, 15) is 4.79 Å². The van der Waals surface area contributed by atoms with Crippen molar-refractivity contribution in [2.75, 3.05) is 33.3 Å². The number of aryl methyl sites for hydroxylation is 2. The zero-order valence-electron chi connectivity index (χ0n) is 18.2. The maximum atomic E-state index is 11.8. The van der Waals surface area contributed by atoms with Crippen LogP contribution in [0.4, 0.5) is 4.79 Å². The first-order chi connectivity index (χ1) is 14.2. The molecule has 0 spiro atoms. The lowest BCUT2D eigenvalue weighted by Gasteiger charge is -2.32. The van der Waals surface area contributed by atoms with Crippen LogP contribution in [-0.4, -0.2) is 71.0 Å². The third kappa shape index (κ3) is 6.98. The van der Waals surface area contributed by atoms with E-state index < -0.39 is 0 Å². The maximum absolute atomic E-state index is 11.8. The van der Waals surface area contributed by atoms with Gasteiger partial charge in [0.25, 0.3) is 0 Å². The molecule has 10 heteroatoms. The van der Waals surface area contributed by atoms with Crippen molar-refractivity contribution in [3.63, 3.8) is 0 Å². The molecule has 0 aromatic carbocycles. The summed E-state index contributed by atoms with van der Waals surface area (Å²) in [4.78, 5) is 17.9. The average molecular weight is 533 g/mol. The molecule has 170 valence electrons. The number of ether oxygens (including phenoxy) is 1. The number of carbonyl (C=O) groups excluding carboxylic acids is 1. The number of hydrogen-bond acceptors (Lipinski definition) is 5. The van der Waals surface area contributed by atoms with Crippen LogP contribution in [0.25, 0.3) is 0 Å². The normalized spacial score (nSPS) is 17.5. The molecule has 2 N–H and O–H groups in total. The highest BCUT2D eigenvalue weighted by atomic mass is 127. The zero-order chi connectivity index (χ0) is 20.5. The van der Waals surface area contributed by atoms with Crippen LogP contribution >= 0.6 is 24.0 Å². The highest BCUT2D eigenvalue weighted by molar-refractivity contribution is 14.0. The predicted octanol–water partition coefficient (Wildman–Crippen LogP) is 2.34. The fourth-order valence-corrected chi connectivity index (χ4v) is 3.99. The molecule has 3 heterocycles. The van der Waals surface area contributed by atoms with E-state index in [0.29, 0.717) is 25.7 Å². The van der Waals surface area contributed by atoms with Crippen LogP contribution in [0.2, 0.25) is 0 Å². The molecule has 0 bridgehead atoms. The molecule has 1 amide bonds. The van der Waals surface area contributed by atoms with Crippen molar-refractivity contribution in [2.45, 2.75) is 70.9 Å². The van der Waals surface area contributed by atoms with Gasteiger partial charge in [0.15, 0.2) is 5.96 Å². The van der Waals surface area contributed by atoms with Gasteiger partial charge in [0.1, 0.15) is 11.6 Å². The first-order valence-electron chi connectivity index (χ1n) is 11.0. The van der Waals surface area contributed by atoms with E-state index in [1.165, 1.54) is 19.3 Å². The average Bonchev–Trinajstić information content (AvgIpc) is 2.96. The Morgan fingerprint density at radius 3 is 2.73 bits per heavy atom. The van der Waals surface area contributed by atoms with Gasteiger partial charge in [-0.05, 0) is 39.0 Å². The molecule has 1 fully saturated rings. The quantitative estimate of drug-likeness (QED) is 0.252. The predicted molar refractivity (Wildman–Crippen MR) is 127 cm³/mol. The van der Waals surface area contributed by atoms with Crippen molar-refractivity contribution in [3.05, 3.63) is 11.6 Å². The first kappa shape index (κ1) is 24.7. The molecule has 0 atom stereocenters. The van der Waals surface area contributed by atoms with Crippen LogP contribution in [0, 0.1) is 0 Å². The molecule has 0 aliphatic carbocycles. The number of amides is 1. The molecule has 1 aromatic rings. The van der Waals surface area contributed by atoms with Gasteiger partial charge in [0, 0.05) is 52.1 Å². The highest BCUT2D eigenvalue weighted by Crippen LogP contribution is 2.15.